The van der Waals surface area contributed by atoms with Crippen LogP contribution in [0.5, 0.6) is 0 Å². The Balaban J connectivity index is 2.06. The van der Waals surface area contributed by atoms with Crippen molar-refractivity contribution in [2.24, 2.45) is 0 Å². The van der Waals surface area contributed by atoms with Crippen LogP contribution < -0.4 is 5.32 Å². The molecule has 98 valence electrons. The number of carbonyl (C=O) groups excluding carboxylic acids is 1. The zero-order valence-corrected chi connectivity index (χ0v) is 11.7. The van der Waals surface area contributed by atoms with E-state index in [2.05, 4.69) is 19.2 Å². The van der Waals surface area contributed by atoms with Crippen molar-refractivity contribution in [1.29, 1.82) is 0 Å². The molecule has 2 rings (SSSR count). The van der Waals surface area contributed by atoms with Gasteiger partial charge >= 0.3 is 0 Å². The van der Waals surface area contributed by atoms with Gasteiger partial charge in [-0.05, 0) is 43.5 Å². The van der Waals surface area contributed by atoms with Crippen molar-refractivity contribution in [3.63, 3.8) is 0 Å². The van der Waals surface area contributed by atoms with E-state index in [4.69, 9.17) is 0 Å². The average molecular weight is 267 g/mol. The van der Waals surface area contributed by atoms with Crippen LogP contribution in [0, 0.1) is 6.92 Å². The molecule has 1 aromatic rings. The van der Waals surface area contributed by atoms with Gasteiger partial charge in [-0.15, -0.1) is 11.8 Å². The molecule has 4 heteroatoms. The molecule has 1 aliphatic carbocycles. The fourth-order valence-electron chi connectivity index (χ4n) is 1.69. The quantitative estimate of drug-likeness (QED) is 0.837. The van der Waals surface area contributed by atoms with Crippen molar-refractivity contribution in [3.8, 4) is 0 Å². The fourth-order valence-corrected chi connectivity index (χ4v) is 2.59. The number of thioether (sulfide) groups is 1. The number of hydrogen-bond donors (Lipinski definition) is 1. The molecule has 0 spiro atoms. The van der Waals surface area contributed by atoms with Crippen LogP contribution in [0.4, 0.5) is 10.1 Å². The molecular formula is C14H18FNOS. The monoisotopic (exact) mass is 267 g/mol. The molecule has 0 unspecified atom stereocenters. The number of amides is 1. The lowest BCUT2D eigenvalue weighted by molar-refractivity contribution is -0.122. The minimum atomic E-state index is -1.61. The van der Waals surface area contributed by atoms with Crippen molar-refractivity contribution in [2.75, 3.05) is 5.32 Å². The lowest BCUT2D eigenvalue weighted by atomic mass is 10.2. The Morgan fingerprint density at radius 3 is 2.61 bits per heavy atom. The SMILES string of the molecule is Cc1cc(NC(=O)C2(F)CC2)ccc1SC(C)C. The maximum Gasteiger partial charge on any atom is 0.262 e. The van der Waals surface area contributed by atoms with Crippen LogP contribution in [-0.4, -0.2) is 16.8 Å². The second-order valence-corrected chi connectivity index (χ2v) is 6.68. The maximum absolute atomic E-state index is 13.5. The molecule has 0 atom stereocenters. The largest absolute Gasteiger partial charge is 0.323 e. The first-order valence-corrected chi connectivity index (χ1v) is 7.06. The van der Waals surface area contributed by atoms with E-state index in [-0.39, 0.29) is 0 Å². The predicted octanol–water partition coefficient (Wildman–Crippen LogP) is 3.94. The Bertz CT molecular complexity index is 469. The van der Waals surface area contributed by atoms with Crippen molar-refractivity contribution in [3.05, 3.63) is 23.8 Å². The van der Waals surface area contributed by atoms with E-state index in [9.17, 15) is 9.18 Å². The van der Waals surface area contributed by atoms with E-state index >= 15 is 0 Å². The number of anilines is 1. The van der Waals surface area contributed by atoms with Gasteiger partial charge in [0.2, 0.25) is 0 Å². The molecule has 1 saturated carbocycles. The highest BCUT2D eigenvalue weighted by atomic mass is 32.2. The van der Waals surface area contributed by atoms with Crippen molar-refractivity contribution in [1.82, 2.24) is 0 Å². The van der Waals surface area contributed by atoms with E-state index in [1.54, 1.807) is 11.8 Å². The van der Waals surface area contributed by atoms with Crippen LogP contribution in [0.1, 0.15) is 32.3 Å². The Hall–Kier alpha value is -1.03. The number of rotatable bonds is 4. The molecule has 1 aromatic carbocycles. The third-order valence-corrected chi connectivity index (χ3v) is 4.07. The summed E-state index contributed by atoms with van der Waals surface area (Å²) in [5.41, 5.74) is 0.170. The van der Waals surface area contributed by atoms with Crippen LogP contribution in [0.25, 0.3) is 0 Å². The summed E-state index contributed by atoms with van der Waals surface area (Å²) < 4.78 is 13.5. The summed E-state index contributed by atoms with van der Waals surface area (Å²) >= 11 is 1.78. The van der Waals surface area contributed by atoms with Gasteiger partial charge in [0.25, 0.3) is 5.91 Å². The minimum absolute atomic E-state index is 0.346. The molecule has 0 aromatic heterocycles. The molecule has 0 aliphatic heterocycles. The summed E-state index contributed by atoms with van der Waals surface area (Å²) in [5.74, 6) is -0.508. The highest BCUT2D eigenvalue weighted by molar-refractivity contribution is 8.00. The third kappa shape index (κ3) is 3.05. The maximum atomic E-state index is 13.5. The molecule has 2 nitrogen and oxygen atoms in total. The molecule has 1 N–H and O–H groups in total. The van der Waals surface area contributed by atoms with E-state index in [0.29, 0.717) is 23.8 Å². The van der Waals surface area contributed by atoms with Crippen LogP contribution in [0.2, 0.25) is 0 Å². The first kappa shape index (κ1) is 13.4. The number of hydrogen-bond acceptors (Lipinski definition) is 2. The van der Waals surface area contributed by atoms with E-state index in [1.807, 2.05) is 25.1 Å². The third-order valence-electron chi connectivity index (χ3n) is 2.89. The summed E-state index contributed by atoms with van der Waals surface area (Å²) in [6, 6.07) is 5.71. The zero-order chi connectivity index (χ0) is 13.3. The number of aryl methyl sites for hydroxylation is 1. The average Bonchev–Trinajstić information content (AvgIpc) is 3.01. The predicted molar refractivity (Wildman–Crippen MR) is 73.9 cm³/mol. The van der Waals surface area contributed by atoms with E-state index in [0.717, 1.165) is 5.56 Å². The number of benzene rings is 1. The van der Waals surface area contributed by atoms with Gasteiger partial charge in [0.05, 0.1) is 0 Å². The molecule has 0 bridgehead atoms. The highest BCUT2D eigenvalue weighted by Crippen LogP contribution is 2.40. The molecule has 0 heterocycles. The highest BCUT2D eigenvalue weighted by Gasteiger charge is 2.50. The van der Waals surface area contributed by atoms with Crippen LogP contribution >= 0.6 is 11.8 Å². The minimum Gasteiger partial charge on any atom is -0.323 e. The summed E-state index contributed by atoms with van der Waals surface area (Å²) in [7, 11) is 0. The van der Waals surface area contributed by atoms with Gasteiger partial charge in [-0.3, -0.25) is 4.79 Å². The molecule has 18 heavy (non-hydrogen) atoms. The van der Waals surface area contributed by atoms with Gasteiger partial charge in [-0.2, -0.15) is 0 Å². The fraction of sp³-hybridized carbons (Fsp3) is 0.500. The van der Waals surface area contributed by atoms with Crippen LogP contribution in [0.3, 0.4) is 0 Å². The second-order valence-electron chi connectivity index (χ2n) is 5.07. The van der Waals surface area contributed by atoms with Gasteiger partial charge in [0, 0.05) is 15.8 Å². The van der Waals surface area contributed by atoms with Crippen molar-refractivity contribution >= 4 is 23.4 Å². The van der Waals surface area contributed by atoms with E-state index < -0.39 is 11.6 Å². The van der Waals surface area contributed by atoms with Gasteiger partial charge in [0.1, 0.15) is 0 Å². The Morgan fingerprint density at radius 2 is 2.11 bits per heavy atom. The Morgan fingerprint density at radius 1 is 1.44 bits per heavy atom. The summed E-state index contributed by atoms with van der Waals surface area (Å²) in [5, 5.41) is 3.16. The lowest BCUT2D eigenvalue weighted by Crippen LogP contribution is -2.25. The van der Waals surface area contributed by atoms with Gasteiger partial charge < -0.3 is 5.32 Å². The molecule has 1 amide bonds. The van der Waals surface area contributed by atoms with Crippen molar-refractivity contribution in [2.45, 2.75) is 49.4 Å². The summed E-state index contributed by atoms with van der Waals surface area (Å²) in [6.07, 6.45) is 0.693. The van der Waals surface area contributed by atoms with Crippen LogP contribution in [-0.2, 0) is 4.79 Å². The lowest BCUT2D eigenvalue weighted by Gasteiger charge is -2.12. The van der Waals surface area contributed by atoms with Gasteiger partial charge in [0.15, 0.2) is 5.67 Å². The summed E-state index contributed by atoms with van der Waals surface area (Å²) in [4.78, 5) is 12.8. The topological polar surface area (TPSA) is 29.1 Å². The first-order chi connectivity index (χ1) is 8.40. The smallest absolute Gasteiger partial charge is 0.262 e. The zero-order valence-electron chi connectivity index (χ0n) is 10.9. The molecule has 0 saturated heterocycles. The number of halogens is 1. The van der Waals surface area contributed by atoms with Gasteiger partial charge in [-0.1, -0.05) is 13.8 Å². The molecule has 0 radical (unpaired) electrons. The van der Waals surface area contributed by atoms with Gasteiger partial charge in [-0.25, -0.2) is 4.39 Å². The molecule has 1 aliphatic rings. The number of carbonyl (C=O) groups is 1. The number of alkyl halides is 1. The van der Waals surface area contributed by atoms with Crippen molar-refractivity contribution < 1.29 is 9.18 Å². The molecular weight excluding hydrogens is 249 g/mol. The molecule has 1 fully saturated rings. The number of nitrogens with one attached hydrogen (secondary N) is 1. The summed E-state index contributed by atoms with van der Waals surface area (Å²) in [6.45, 7) is 6.28. The standard InChI is InChI=1S/C14H18FNOS/c1-9(2)18-12-5-4-11(8-10(12)3)16-13(17)14(15)6-7-14/h4-5,8-9H,6-7H2,1-3H3,(H,16,17). The normalized spacial score (nSPS) is 16.7. The Kier molecular flexibility index (Phi) is 3.66. The first-order valence-electron chi connectivity index (χ1n) is 6.18. The van der Waals surface area contributed by atoms with Crippen LogP contribution in [0.15, 0.2) is 23.1 Å². The van der Waals surface area contributed by atoms with E-state index in [1.165, 1.54) is 4.90 Å². The Labute approximate surface area is 111 Å². The second kappa shape index (κ2) is 4.92.